The molecule has 1 N–H and O–H groups in total. The third kappa shape index (κ3) is 4.07. The second-order valence-corrected chi connectivity index (χ2v) is 4.85. The van der Waals surface area contributed by atoms with E-state index in [9.17, 15) is 0 Å². The highest BCUT2D eigenvalue weighted by atomic mass is 32.1. The van der Waals surface area contributed by atoms with E-state index in [1.54, 1.807) is 11.3 Å². The SMILES string of the molecule is Cc1sccc1/C=C/CCNC(C)C. The third-order valence-corrected chi connectivity index (χ3v) is 2.92. The predicted octanol–water partition coefficient (Wildman–Crippen LogP) is 3.46. The number of rotatable bonds is 5. The molecular weight excluding hydrogens is 190 g/mol. The van der Waals surface area contributed by atoms with E-state index < -0.39 is 0 Å². The fourth-order valence-electron chi connectivity index (χ4n) is 1.23. The number of nitrogens with one attached hydrogen (secondary N) is 1. The van der Waals surface area contributed by atoms with Gasteiger partial charge in [-0.1, -0.05) is 26.0 Å². The van der Waals surface area contributed by atoms with Crippen molar-refractivity contribution in [2.24, 2.45) is 0 Å². The molecular formula is C12H19NS. The molecule has 0 aliphatic carbocycles. The number of hydrogen-bond donors (Lipinski definition) is 1. The van der Waals surface area contributed by atoms with Gasteiger partial charge in [-0.15, -0.1) is 11.3 Å². The summed E-state index contributed by atoms with van der Waals surface area (Å²) in [5, 5.41) is 5.53. The standard InChI is InChI=1S/C12H19NS/c1-10(2)13-8-5-4-6-12-7-9-14-11(12)3/h4,6-7,9-10,13H,5,8H2,1-3H3/b6-4+. The molecule has 0 radical (unpaired) electrons. The van der Waals surface area contributed by atoms with Crippen LogP contribution in [0.25, 0.3) is 6.08 Å². The van der Waals surface area contributed by atoms with Gasteiger partial charge in [-0.3, -0.25) is 0 Å². The van der Waals surface area contributed by atoms with Gasteiger partial charge in [-0.05, 0) is 36.9 Å². The van der Waals surface area contributed by atoms with Crippen LogP contribution in [0.5, 0.6) is 0 Å². The van der Waals surface area contributed by atoms with E-state index >= 15 is 0 Å². The average Bonchev–Trinajstić information content (AvgIpc) is 2.51. The Labute approximate surface area is 90.9 Å². The van der Waals surface area contributed by atoms with E-state index in [1.165, 1.54) is 10.4 Å². The molecule has 1 aromatic heterocycles. The van der Waals surface area contributed by atoms with Gasteiger partial charge < -0.3 is 5.32 Å². The molecule has 0 bridgehead atoms. The normalized spacial score (nSPS) is 11.7. The number of hydrogen-bond acceptors (Lipinski definition) is 2. The summed E-state index contributed by atoms with van der Waals surface area (Å²) < 4.78 is 0. The Bertz CT molecular complexity index is 286. The zero-order valence-corrected chi connectivity index (χ0v) is 10.0. The van der Waals surface area contributed by atoms with Gasteiger partial charge in [0.1, 0.15) is 0 Å². The molecule has 0 spiro atoms. The maximum Gasteiger partial charge on any atom is 0.00864 e. The highest BCUT2D eigenvalue weighted by Gasteiger charge is 1.93. The molecule has 0 unspecified atom stereocenters. The van der Waals surface area contributed by atoms with Gasteiger partial charge in [0.05, 0.1) is 0 Å². The zero-order valence-electron chi connectivity index (χ0n) is 9.21. The first-order valence-corrected chi connectivity index (χ1v) is 6.02. The Kier molecular flexibility index (Phi) is 4.91. The highest BCUT2D eigenvalue weighted by molar-refractivity contribution is 7.10. The van der Waals surface area contributed by atoms with Crippen LogP contribution in [0.4, 0.5) is 0 Å². The molecule has 0 saturated heterocycles. The Morgan fingerprint density at radius 1 is 1.50 bits per heavy atom. The van der Waals surface area contributed by atoms with Crippen molar-refractivity contribution in [3.8, 4) is 0 Å². The Morgan fingerprint density at radius 2 is 2.29 bits per heavy atom. The molecule has 0 aliphatic rings. The maximum atomic E-state index is 3.39. The van der Waals surface area contributed by atoms with Crippen LogP contribution >= 0.6 is 11.3 Å². The summed E-state index contributed by atoms with van der Waals surface area (Å²) in [6.07, 6.45) is 5.56. The Balaban J connectivity index is 2.25. The summed E-state index contributed by atoms with van der Waals surface area (Å²) >= 11 is 1.81. The van der Waals surface area contributed by atoms with Crippen LogP contribution in [0.15, 0.2) is 17.5 Å². The lowest BCUT2D eigenvalue weighted by Crippen LogP contribution is -2.23. The Morgan fingerprint density at radius 3 is 2.86 bits per heavy atom. The van der Waals surface area contributed by atoms with E-state index in [4.69, 9.17) is 0 Å². The van der Waals surface area contributed by atoms with Crippen molar-refractivity contribution in [3.63, 3.8) is 0 Å². The van der Waals surface area contributed by atoms with Crippen LogP contribution in [-0.2, 0) is 0 Å². The van der Waals surface area contributed by atoms with Crippen LogP contribution in [0.1, 0.15) is 30.7 Å². The van der Waals surface area contributed by atoms with Gasteiger partial charge in [-0.2, -0.15) is 0 Å². The third-order valence-electron chi connectivity index (χ3n) is 2.06. The van der Waals surface area contributed by atoms with Gasteiger partial charge in [0.25, 0.3) is 0 Å². The van der Waals surface area contributed by atoms with Crippen molar-refractivity contribution in [3.05, 3.63) is 28.0 Å². The fourth-order valence-corrected chi connectivity index (χ4v) is 1.92. The molecule has 0 aromatic carbocycles. The molecule has 78 valence electrons. The summed E-state index contributed by atoms with van der Waals surface area (Å²) in [7, 11) is 0. The smallest absolute Gasteiger partial charge is 0.00864 e. The van der Waals surface area contributed by atoms with Crippen molar-refractivity contribution < 1.29 is 0 Å². The molecule has 2 heteroatoms. The molecule has 0 aliphatic heterocycles. The maximum absolute atomic E-state index is 3.39. The molecule has 1 heterocycles. The summed E-state index contributed by atoms with van der Waals surface area (Å²) in [5.41, 5.74) is 1.36. The minimum absolute atomic E-state index is 0.589. The van der Waals surface area contributed by atoms with E-state index in [2.05, 4.69) is 49.7 Å². The van der Waals surface area contributed by atoms with Crippen LogP contribution in [-0.4, -0.2) is 12.6 Å². The van der Waals surface area contributed by atoms with Crippen molar-refractivity contribution >= 4 is 17.4 Å². The molecule has 1 aromatic rings. The van der Waals surface area contributed by atoms with Gasteiger partial charge in [0.2, 0.25) is 0 Å². The van der Waals surface area contributed by atoms with Gasteiger partial charge in [0.15, 0.2) is 0 Å². The largest absolute Gasteiger partial charge is 0.314 e. The zero-order chi connectivity index (χ0) is 10.4. The van der Waals surface area contributed by atoms with Crippen LogP contribution < -0.4 is 5.32 Å². The van der Waals surface area contributed by atoms with Gasteiger partial charge in [0, 0.05) is 10.9 Å². The molecule has 0 atom stereocenters. The number of aryl methyl sites for hydroxylation is 1. The van der Waals surface area contributed by atoms with Crippen molar-refractivity contribution in [2.45, 2.75) is 33.2 Å². The molecule has 1 nitrogen and oxygen atoms in total. The minimum Gasteiger partial charge on any atom is -0.314 e. The highest BCUT2D eigenvalue weighted by Crippen LogP contribution is 2.16. The first kappa shape index (κ1) is 11.5. The predicted molar refractivity (Wildman–Crippen MR) is 65.8 cm³/mol. The quantitative estimate of drug-likeness (QED) is 0.732. The lowest BCUT2D eigenvalue weighted by atomic mass is 10.2. The van der Waals surface area contributed by atoms with E-state index in [-0.39, 0.29) is 0 Å². The fraction of sp³-hybridized carbons (Fsp3) is 0.500. The van der Waals surface area contributed by atoms with Crippen LogP contribution in [0.2, 0.25) is 0 Å². The molecule has 0 fully saturated rings. The molecule has 14 heavy (non-hydrogen) atoms. The van der Waals surface area contributed by atoms with Crippen molar-refractivity contribution in [1.82, 2.24) is 5.32 Å². The minimum atomic E-state index is 0.589. The van der Waals surface area contributed by atoms with Crippen molar-refractivity contribution in [1.29, 1.82) is 0 Å². The average molecular weight is 209 g/mol. The van der Waals surface area contributed by atoms with Gasteiger partial charge in [-0.25, -0.2) is 0 Å². The molecule has 1 rings (SSSR count). The molecule has 0 saturated carbocycles. The summed E-state index contributed by atoms with van der Waals surface area (Å²) in [6.45, 7) is 7.58. The summed E-state index contributed by atoms with van der Waals surface area (Å²) in [4.78, 5) is 1.40. The van der Waals surface area contributed by atoms with Crippen LogP contribution in [0, 0.1) is 6.92 Å². The van der Waals surface area contributed by atoms with Crippen LogP contribution in [0.3, 0.4) is 0 Å². The lowest BCUT2D eigenvalue weighted by molar-refractivity contribution is 0.595. The number of thiophene rings is 1. The van der Waals surface area contributed by atoms with E-state index in [0.717, 1.165) is 13.0 Å². The summed E-state index contributed by atoms with van der Waals surface area (Å²) in [5.74, 6) is 0. The first-order chi connectivity index (χ1) is 6.70. The molecule has 0 amide bonds. The summed E-state index contributed by atoms with van der Waals surface area (Å²) in [6, 6.07) is 2.76. The van der Waals surface area contributed by atoms with Gasteiger partial charge >= 0.3 is 0 Å². The van der Waals surface area contributed by atoms with Crippen molar-refractivity contribution in [2.75, 3.05) is 6.54 Å². The lowest BCUT2D eigenvalue weighted by Gasteiger charge is -2.04. The first-order valence-electron chi connectivity index (χ1n) is 5.14. The van der Waals surface area contributed by atoms with E-state index in [0.29, 0.717) is 6.04 Å². The Hall–Kier alpha value is -0.600. The second-order valence-electron chi connectivity index (χ2n) is 3.73. The monoisotopic (exact) mass is 209 g/mol. The topological polar surface area (TPSA) is 12.0 Å². The second kappa shape index (κ2) is 5.99. The van der Waals surface area contributed by atoms with E-state index in [1.807, 2.05) is 0 Å².